The maximum absolute atomic E-state index is 14.0. The number of unbranched alkanes of at least 4 members (excludes halogenated alkanes) is 1. The van der Waals surface area contributed by atoms with Crippen LogP contribution in [0.15, 0.2) is 42.5 Å². The second-order valence-corrected chi connectivity index (χ2v) is 11.7. The molecule has 0 N–H and O–H groups in total. The van der Waals surface area contributed by atoms with Crippen molar-refractivity contribution in [2.45, 2.75) is 86.4 Å². The normalized spacial score (nSPS) is 14.8. The summed E-state index contributed by atoms with van der Waals surface area (Å²) < 4.78 is 17.0. The fourth-order valence-corrected chi connectivity index (χ4v) is 4.79. The second kappa shape index (κ2) is 15.6. The van der Waals surface area contributed by atoms with Gasteiger partial charge in [0.2, 0.25) is 11.8 Å². The molecule has 1 heterocycles. The van der Waals surface area contributed by atoms with E-state index in [0.29, 0.717) is 25.3 Å². The molecule has 1 atom stereocenters. The van der Waals surface area contributed by atoms with Crippen molar-refractivity contribution in [3.8, 4) is 5.75 Å². The zero-order valence-corrected chi connectivity index (χ0v) is 26.6. The number of hydrogen-bond acceptors (Lipinski definition) is 8. The molecule has 10 heteroatoms. The molecule has 2 aromatic rings. The van der Waals surface area contributed by atoms with Crippen LogP contribution < -0.4 is 14.5 Å². The number of Topliss-reactive ketones (excluding diaryl/α,β-unsaturated/α-hetero) is 2. The largest absolute Gasteiger partial charge is 0.464 e. The summed E-state index contributed by atoms with van der Waals surface area (Å²) in [5, 5.41) is 0. The van der Waals surface area contributed by atoms with E-state index in [9.17, 15) is 24.0 Å². The Bertz CT molecular complexity index is 1340. The van der Waals surface area contributed by atoms with Crippen LogP contribution >= 0.6 is 0 Å². The molecular weight excluding hydrogens is 564 g/mol. The van der Waals surface area contributed by atoms with Gasteiger partial charge in [-0.05, 0) is 62.6 Å². The van der Waals surface area contributed by atoms with Crippen LogP contribution in [0.1, 0.15) is 101 Å². The number of carbonyl (C=O) groups is 5. The molecule has 3 amide bonds. The molecule has 44 heavy (non-hydrogen) atoms. The van der Waals surface area contributed by atoms with Gasteiger partial charge in [0, 0.05) is 36.6 Å². The van der Waals surface area contributed by atoms with E-state index in [1.807, 2.05) is 6.92 Å². The molecule has 1 unspecified atom stereocenters. The van der Waals surface area contributed by atoms with Crippen molar-refractivity contribution in [3.63, 3.8) is 0 Å². The first kappa shape index (κ1) is 34.4. The van der Waals surface area contributed by atoms with Crippen LogP contribution in [-0.2, 0) is 19.1 Å². The van der Waals surface area contributed by atoms with E-state index in [4.69, 9.17) is 14.2 Å². The highest BCUT2D eigenvalue weighted by molar-refractivity contribution is 6.21. The lowest BCUT2D eigenvalue weighted by Crippen LogP contribution is -2.45. The van der Waals surface area contributed by atoms with Crippen LogP contribution in [0, 0.1) is 5.41 Å². The smallest absolute Gasteiger partial charge is 0.421 e. The third-order valence-corrected chi connectivity index (χ3v) is 7.15. The Morgan fingerprint density at radius 3 is 2.23 bits per heavy atom. The number of amides is 3. The molecule has 0 bridgehead atoms. The zero-order chi connectivity index (χ0) is 32.4. The van der Waals surface area contributed by atoms with Crippen LogP contribution in [0.4, 0.5) is 16.2 Å². The topological polar surface area (TPSA) is 120 Å². The van der Waals surface area contributed by atoms with E-state index >= 15 is 0 Å². The number of benzene rings is 2. The summed E-state index contributed by atoms with van der Waals surface area (Å²) in [6.07, 6.45) is 2.01. The summed E-state index contributed by atoms with van der Waals surface area (Å²) in [6, 6.07) is 11.1. The summed E-state index contributed by atoms with van der Waals surface area (Å²) in [7, 11) is 0. The minimum Gasteiger partial charge on any atom is -0.464 e. The molecule has 1 aliphatic heterocycles. The Labute approximate surface area is 259 Å². The van der Waals surface area contributed by atoms with Crippen LogP contribution in [0.5, 0.6) is 5.75 Å². The number of imide groups is 1. The van der Waals surface area contributed by atoms with Crippen molar-refractivity contribution in [2.24, 2.45) is 5.41 Å². The molecule has 2 aromatic carbocycles. The predicted octanol–water partition coefficient (Wildman–Crippen LogP) is 6.74. The maximum atomic E-state index is 14.0. The van der Waals surface area contributed by atoms with Crippen LogP contribution in [-0.4, -0.2) is 55.5 Å². The molecule has 10 nitrogen and oxygen atoms in total. The van der Waals surface area contributed by atoms with E-state index in [0.717, 1.165) is 30.6 Å². The van der Waals surface area contributed by atoms with Crippen molar-refractivity contribution in [1.29, 1.82) is 0 Å². The van der Waals surface area contributed by atoms with Gasteiger partial charge in [0.05, 0.1) is 30.9 Å². The number of hydrogen-bond donors (Lipinski definition) is 0. The van der Waals surface area contributed by atoms with Crippen LogP contribution in [0.2, 0.25) is 0 Å². The summed E-state index contributed by atoms with van der Waals surface area (Å²) >= 11 is 0. The maximum Gasteiger partial charge on any atom is 0.421 e. The average Bonchev–Trinajstić information content (AvgIpc) is 2.98. The fraction of sp³-hybridized carbons (Fsp3) is 0.500. The molecule has 0 saturated carbocycles. The van der Waals surface area contributed by atoms with E-state index in [-0.39, 0.29) is 35.1 Å². The highest BCUT2D eigenvalue weighted by Crippen LogP contribution is 2.35. The van der Waals surface area contributed by atoms with Crippen molar-refractivity contribution in [2.75, 3.05) is 29.6 Å². The van der Waals surface area contributed by atoms with Crippen molar-refractivity contribution in [1.82, 2.24) is 0 Å². The first-order valence-electron chi connectivity index (χ1n) is 15.3. The lowest BCUT2D eigenvalue weighted by atomic mass is 9.93. The summed E-state index contributed by atoms with van der Waals surface area (Å²) in [5.41, 5.74) is -0.172. The number of ether oxygens (including phenoxy) is 3. The van der Waals surface area contributed by atoms with Crippen molar-refractivity contribution < 1.29 is 38.2 Å². The van der Waals surface area contributed by atoms with Crippen molar-refractivity contribution in [3.05, 3.63) is 53.6 Å². The van der Waals surface area contributed by atoms with Crippen LogP contribution in [0.25, 0.3) is 0 Å². The third-order valence-electron chi connectivity index (χ3n) is 7.15. The standard InChI is InChI=1S/C34H44N2O8/c1-7-9-20-35(23(3)37)25-18-16-24(17-19-25)27(38)22-28(39)31-26(36(33(41)42-8-2)32(40)34(4,5)6)13-12-14-29(31)44-30-15-10-11-21-43-30/h12-14,16-19,30H,7-11,15,20-22H2,1-6H3. The SMILES string of the molecule is CCCCN(C(C)=O)c1ccc(C(=O)CC(=O)c2c(OC3CCCCO3)cccc2N(C(=O)OCC)C(=O)C(C)(C)C)cc1. The molecule has 1 saturated heterocycles. The number of rotatable bonds is 12. The predicted molar refractivity (Wildman–Crippen MR) is 167 cm³/mol. The van der Waals surface area contributed by atoms with Crippen LogP contribution in [0.3, 0.4) is 0 Å². The van der Waals surface area contributed by atoms with Gasteiger partial charge in [-0.3, -0.25) is 19.2 Å². The lowest BCUT2D eigenvalue weighted by Gasteiger charge is -2.30. The van der Waals surface area contributed by atoms with Gasteiger partial charge >= 0.3 is 6.09 Å². The molecule has 238 valence electrons. The van der Waals surface area contributed by atoms with E-state index in [1.54, 1.807) is 69.0 Å². The van der Waals surface area contributed by atoms with Gasteiger partial charge in [0.25, 0.3) is 0 Å². The van der Waals surface area contributed by atoms with Gasteiger partial charge in [-0.15, -0.1) is 0 Å². The Morgan fingerprint density at radius 1 is 0.955 bits per heavy atom. The lowest BCUT2D eigenvalue weighted by molar-refractivity contribution is -0.125. The Balaban J connectivity index is 2.01. The van der Waals surface area contributed by atoms with Gasteiger partial charge in [-0.1, -0.05) is 40.2 Å². The van der Waals surface area contributed by atoms with Crippen molar-refractivity contribution >= 4 is 40.8 Å². The van der Waals surface area contributed by atoms with Gasteiger partial charge in [0.15, 0.2) is 17.9 Å². The minimum atomic E-state index is -1.00. The average molecular weight is 609 g/mol. The summed E-state index contributed by atoms with van der Waals surface area (Å²) in [6.45, 7) is 11.2. The van der Waals surface area contributed by atoms with Gasteiger partial charge in [0.1, 0.15) is 5.75 Å². The Kier molecular flexibility index (Phi) is 12.2. The van der Waals surface area contributed by atoms with E-state index in [2.05, 4.69) is 0 Å². The van der Waals surface area contributed by atoms with Gasteiger partial charge < -0.3 is 19.1 Å². The monoisotopic (exact) mass is 608 g/mol. The molecule has 0 spiro atoms. The van der Waals surface area contributed by atoms with Gasteiger partial charge in [-0.25, -0.2) is 9.69 Å². The first-order valence-corrected chi connectivity index (χ1v) is 15.3. The van der Waals surface area contributed by atoms with E-state index < -0.39 is 41.7 Å². The Morgan fingerprint density at radius 2 is 1.66 bits per heavy atom. The molecule has 0 radical (unpaired) electrons. The highest BCUT2D eigenvalue weighted by Gasteiger charge is 2.37. The minimum absolute atomic E-state index is 0.0100. The number of nitrogens with zero attached hydrogens (tertiary/aromatic N) is 2. The molecule has 3 rings (SSSR count). The number of anilines is 2. The third kappa shape index (κ3) is 8.75. The fourth-order valence-electron chi connectivity index (χ4n) is 4.79. The number of carbonyl (C=O) groups excluding carboxylic acids is 5. The number of ketones is 2. The molecule has 1 fully saturated rings. The summed E-state index contributed by atoms with van der Waals surface area (Å²) in [5.74, 6) is -1.69. The highest BCUT2D eigenvalue weighted by atomic mass is 16.7. The first-order chi connectivity index (χ1) is 20.9. The van der Waals surface area contributed by atoms with Gasteiger partial charge in [-0.2, -0.15) is 0 Å². The molecule has 1 aliphatic rings. The second-order valence-electron chi connectivity index (χ2n) is 11.7. The summed E-state index contributed by atoms with van der Waals surface area (Å²) in [4.78, 5) is 68.7. The molecule has 0 aliphatic carbocycles. The zero-order valence-electron chi connectivity index (χ0n) is 26.6. The van der Waals surface area contributed by atoms with E-state index in [1.165, 1.54) is 13.0 Å². The quantitative estimate of drug-likeness (QED) is 0.192. The molecule has 0 aromatic heterocycles. The molecular formula is C34H44N2O8. The Hall–Kier alpha value is -4.05.